The van der Waals surface area contributed by atoms with E-state index in [2.05, 4.69) is 18.5 Å². The zero-order chi connectivity index (χ0) is 13.4. The van der Waals surface area contributed by atoms with Gasteiger partial charge in [-0.05, 0) is 37.0 Å². The first-order valence-corrected chi connectivity index (χ1v) is 7.55. The molecule has 0 saturated carbocycles. The van der Waals surface area contributed by atoms with Crippen molar-refractivity contribution in [2.45, 2.75) is 25.8 Å². The molecular weight excluding hydrogens is 248 g/mol. The van der Waals surface area contributed by atoms with Crippen LogP contribution < -0.4 is 5.32 Å². The zero-order valence-electron chi connectivity index (χ0n) is 10.9. The lowest BCUT2D eigenvalue weighted by molar-refractivity contribution is -0.384. The SMILES string of the molecule is CCC(NCCCSC)c1cccc([N+](=O)[O-])c1. The average Bonchev–Trinajstić information content (AvgIpc) is 2.39. The molecule has 1 aromatic carbocycles. The molecule has 1 aromatic rings. The van der Waals surface area contributed by atoms with Crippen molar-refractivity contribution in [1.82, 2.24) is 5.32 Å². The molecule has 18 heavy (non-hydrogen) atoms. The molecule has 4 nitrogen and oxygen atoms in total. The van der Waals surface area contributed by atoms with Crippen LogP contribution in [0, 0.1) is 10.1 Å². The van der Waals surface area contributed by atoms with Crippen LogP contribution in [0.5, 0.6) is 0 Å². The average molecular weight is 268 g/mol. The summed E-state index contributed by atoms with van der Waals surface area (Å²) in [5.41, 5.74) is 1.16. The van der Waals surface area contributed by atoms with Crippen LogP contribution in [0.4, 0.5) is 5.69 Å². The normalized spacial score (nSPS) is 12.3. The zero-order valence-corrected chi connectivity index (χ0v) is 11.7. The van der Waals surface area contributed by atoms with Crippen LogP contribution in [0.15, 0.2) is 24.3 Å². The molecule has 0 fully saturated rings. The van der Waals surface area contributed by atoms with Gasteiger partial charge in [0, 0.05) is 18.2 Å². The van der Waals surface area contributed by atoms with Gasteiger partial charge in [0.1, 0.15) is 0 Å². The van der Waals surface area contributed by atoms with E-state index in [0.717, 1.165) is 30.7 Å². The third kappa shape index (κ3) is 4.66. The maximum atomic E-state index is 10.7. The number of nitrogens with zero attached hydrogens (tertiary/aromatic N) is 1. The predicted octanol–water partition coefficient (Wildman–Crippen LogP) is 3.39. The number of nitrogens with one attached hydrogen (secondary N) is 1. The minimum Gasteiger partial charge on any atom is -0.310 e. The summed E-state index contributed by atoms with van der Waals surface area (Å²) in [5.74, 6) is 1.14. The van der Waals surface area contributed by atoms with E-state index in [1.54, 1.807) is 12.1 Å². The Labute approximate surface area is 112 Å². The van der Waals surface area contributed by atoms with Crippen LogP contribution >= 0.6 is 11.8 Å². The van der Waals surface area contributed by atoms with Crippen molar-refractivity contribution in [2.75, 3.05) is 18.6 Å². The van der Waals surface area contributed by atoms with E-state index in [-0.39, 0.29) is 16.7 Å². The molecule has 1 N–H and O–H groups in total. The molecule has 1 unspecified atom stereocenters. The summed E-state index contributed by atoms with van der Waals surface area (Å²) in [7, 11) is 0. The summed E-state index contributed by atoms with van der Waals surface area (Å²) in [6.07, 6.45) is 4.14. The van der Waals surface area contributed by atoms with E-state index in [1.807, 2.05) is 17.8 Å². The van der Waals surface area contributed by atoms with E-state index < -0.39 is 0 Å². The van der Waals surface area contributed by atoms with Crippen molar-refractivity contribution in [3.63, 3.8) is 0 Å². The number of hydrogen-bond donors (Lipinski definition) is 1. The van der Waals surface area contributed by atoms with Crippen LogP contribution in [0.1, 0.15) is 31.4 Å². The van der Waals surface area contributed by atoms with Crippen LogP contribution in [0.3, 0.4) is 0 Å². The maximum absolute atomic E-state index is 10.7. The number of rotatable bonds is 8. The van der Waals surface area contributed by atoms with Gasteiger partial charge >= 0.3 is 0 Å². The molecule has 0 aromatic heterocycles. The lowest BCUT2D eigenvalue weighted by Gasteiger charge is -2.17. The topological polar surface area (TPSA) is 55.2 Å². The largest absolute Gasteiger partial charge is 0.310 e. The maximum Gasteiger partial charge on any atom is 0.269 e. The second kappa shape index (κ2) is 8.11. The Morgan fingerprint density at radius 2 is 2.28 bits per heavy atom. The van der Waals surface area contributed by atoms with Crippen molar-refractivity contribution in [3.8, 4) is 0 Å². The first-order valence-electron chi connectivity index (χ1n) is 6.15. The summed E-state index contributed by atoms with van der Waals surface area (Å²) in [6.45, 7) is 3.03. The minimum atomic E-state index is -0.343. The molecule has 0 heterocycles. The fourth-order valence-corrected chi connectivity index (χ4v) is 2.28. The van der Waals surface area contributed by atoms with Crippen LogP contribution in [0.25, 0.3) is 0 Å². The molecule has 0 amide bonds. The van der Waals surface area contributed by atoms with Crippen molar-refractivity contribution in [1.29, 1.82) is 0 Å². The summed E-state index contributed by atoms with van der Waals surface area (Å²) in [5, 5.41) is 14.2. The third-order valence-corrected chi connectivity index (χ3v) is 3.50. The fourth-order valence-electron chi connectivity index (χ4n) is 1.85. The van der Waals surface area contributed by atoms with E-state index in [1.165, 1.54) is 6.07 Å². The Bertz CT molecular complexity index is 385. The second-order valence-corrected chi connectivity index (χ2v) is 5.10. The second-order valence-electron chi connectivity index (χ2n) is 4.11. The standard InChI is InChI=1S/C13H20N2O2S/c1-3-13(14-8-5-9-18-2)11-6-4-7-12(10-11)15(16)17/h4,6-7,10,13-14H,3,5,8-9H2,1-2H3. The Kier molecular flexibility index (Phi) is 6.75. The summed E-state index contributed by atoms with van der Waals surface area (Å²) in [4.78, 5) is 10.4. The van der Waals surface area contributed by atoms with E-state index in [0.29, 0.717) is 0 Å². The van der Waals surface area contributed by atoms with Crippen LogP contribution in [-0.4, -0.2) is 23.5 Å². The number of benzene rings is 1. The Morgan fingerprint density at radius 1 is 1.50 bits per heavy atom. The molecule has 0 spiro atoms. The molecule has 0 aliphatic carbocycles. The van der Waals surface area contributed by atoms with Gasteiger partial charge in [0.25, 0.3) is 5.69 Å². The lowest BCUT2D eigenvalue weighted by atomic mass is 10.0. The smallest absolute Gasteiger partial charge is 0.269 e. The Morgan fingerprint density at radius 3 is 2.89 bits per heavy atom. The van der Waals surface area contributed by atoms with E-state index >= 15 is 0 Å². The first-order chi connectivity index (χ1) is 8.69. The van der Waals surface area contributed by atoms with Crippen LogP contribution in [-0.2, 0) is 0 Å². The highest BCUT2D eigenvalue weighted by molar-refractivity contribution is 7.98. The van der Waals surface area contributed by atoms with Gasteiger partial charge in [-0.3, -0.25) is 10.1 Å². The van der Waals surface area contributed by atoms with E-state index in [9.17, 15) is 10.1 Å². The molecule has 1 rings (SSSR count). The van der Waals surface area contributed by atoms with Gasteiger partial charge in [0.05, 0.1) is 4.92 Å². The number of non-ortho nitro benzene ring substituents is 1. The predicted molar refractivity (Wildman–Crippen MR) is 77.1 cm³/mol. The molecule has 0 radical (unpaired) electrons. The summed E-state index contributed by atoms with van der Waals surface area (Å²) in [6, 6.07) is 7.09. The third-order valence-electron chi connectivity index (χ3n) is 2.81. The Balaban J connectivity index is 2.63. The highest BCUT2D eigenvalue weighted by Crippen LogP contribution is 2.21. The molecule has 0 aliphatic heterocycles. The molecule has 0 bridgehead atoms. The summed E-state index contributed by atoms with van der Waals surface area (Å²) >= 11 is 1.83. The number of nitro groups is 1. The molecule has 1 atom stereocenters. The van der Waals surface area contributed by atoms with Crippen molar-refractivity contribution in [2.24, 2.45) is 0 Å². The van der Waals surface area contributed by atoms with Gasteiger partial charge in [-0.2, -0.15) is 11.8 Å². The molecule has 0 saturated heterocycles. The molecule has 5 heteroatoms. The van der Waals surface area contributed by atoms with Gasteiger partial charge in [0.2, 0.25) is 0 Å². The number of hydrogen-bond acceptors (Lipinski definition) is 4. The lowest BCUT2D eigenvalue weighted by Crippen LogP contribution is -2.22. The van der Waals surface area contributed by atoms with Gasteiger partial charge in [-0.1, -0.05) is 19.1 Å². The highest BCUT2D eigenvalue weighted by Gasteiger charge is 2.12. The highest BCUT2D eigenvalue weighted by atomic mass is 32.2. The van der Waals surface area contributed by atoms with Crippen molar-refractivity contribution >= 4 is 17.4 Å². The van der Waals surface area contributed by atoms with Crippen LogP contribution in [0.2, 0.25) is 0 Å². The summed E-state index contributed by atoms with van der Waals surface area (Å²) < 4.78 is 0. The Hall–Kier alpha value is -1.07. The monoisotopic (exact) mass is 268 g/mol. The quantitative estimate of drug-likeness (QED) is 0.446. The minimum absolute atomic E-state index is 0.164. The van der Waals surface area contributed by atoms with Crippen molar-refractivity contribution in [3.05, 3.63) is 39.9 Å². The van der Waals surface area contributed by atoms with Crippen molar-refractivity contribution < 1.29 is 4.92 Å². The number of nitro benzene ring substituents is 1. The fraction of sp³-hybridized carbons (Fsp3) is 0.538. The van der Waals surface area contributed by atoms with Gasteiger partial charge in [-0.25, -0.2) is 0 Å². The molecular formula is C13H20N2O2S. The van der Waals surface area contributed by atoms with Gasteiger partial charge in [0.15, 0.2) is 0 Å². The first kappa shape index (κ1) is 15.0. The molecule has 100 valence electrons. The molecule has 0 aliphatic rings. The number of thioether (sulfide) groups is 1. The van der Waals surface area contributed by atoms with Gasteiger partial charge in [-0.15, -0.1) is 0 Å². The van der Waals surface area contributed by atoms with E-state index in [4.69, 9.17) is 0 Å². The van der Waals surface area contributed by atoms with Gasteiger partial charge < -0.3 is 5.32 Å².